The summed E-state index contributed by atoms with van der Waals surface area (Å²) in [5, 5.41) is 7.00. The molecule has 1 amide bonds. The number of rotatable bonds is 3. The number of piperidine rings is 1. The monoisotopic (exact) mass is 525 g/mol. The van der Waals surface area contributed by atoms with Crippen molar-refractivity contribution in [3.05, 3.63) is 143 Å². The molecule has 4 aromatic carbocycles. The van der Waals surface area contributed by atoms with Gasteiger partial charge in [-0.15, -0.1) is 0 Å². The third-order valence-electron chi connectivity index (χ3n) is 8.94. The summed E-state index contributed by atoms with van der Waals surface area (Å²) in [6.45, 7) is 0.960. The summed E-state index contributed by atoms with van der Waals surface area (Å²) < 4.78 is 0. The molecule has 5 nitrogen and oxygen atoms in total. The van der Waals surface area contributed by atoms with Crippen molar-refractivity contribution in [1.29, 1.82) is 0 Å². The molecule has 0 saturated carbocycles. The van der Waals surface area contributed by atoms with Gasteiger partial charge in [-0.3, -0.25) is 14.9 Å². The number of nitrogens with zero attached hydrogens (tertiary/aromatic N) is 1. The van der Waals surface area contributed by atoms with Crippen LogP contribution in [0.15, 0.2) is 121 Å². The molecular formula is C35H31N3O2. The van der Waals surface area contributed by atoms with Crippen molar-refractivity contribution in [3.63, 3.8) is 0 Å². The minimum absolute atomic E-state index is 0.0288. The number of hydrogen-bond donors (Lipinski definition) is 2. The largest absolute Gasteiger partial charge is 0.324 e. The number of fused-ring (bicyclic) bond motifs is 3. The average molecular weight is 526 g/mol. The maximum absolute atomic E-state index is 15.3. The van der Waals surface area contributed by atoms with Crippen molar-refractivity contribution >= 4 is 23.5 Å². The maximum atomic E-state index is 15.3. The molecule has 3 aliphatic rings. The van der Waals surface area contributed by atoms with Crippen molar-refractivity contribution in [1.82, 2.24) is 10.2 Å². The first-order chi connectivity index (χ1) is 19.5. The first kappa shape index (κ1) is 24.7. The van der Waals surface area contributed by atoms with E-state index in [4.69, 9.17) is 0 Å². The quantitative estimate of drug-likeness (QED) is 0.345. The molecule has 2 fully saturated rings. The number of Topliss-reactive ketones (excluding diaryl/α,β-unsaturated/α-hetero) is 1. The zero-order chi connectivity index (χ0) is 27.3. The Labute approximate surface area is 234 Å². The summed E-state index contributed by atoms with van der Waals surface area (Å²) in [5.41, 5.74) is 3.01. The highest BCUT2D eigenvalue weighted by molar-refractivity contribution is 6.16. The normalized spacial score (nSPS) is 28.8. The van der Waals surface area contributed by atoms with Gasteiger partial charge in [0.15, 0.2) is 5.78 Å². The summed E-state index contributed by atoms with van der Waals surface area (Å²) in [7, 11) is 2.05. The minimum atomic E-state index is -1.26. The van der Waals surface area contributed by atoms with Crippen LogP contribution in [0, 0.1) is 5.41 Å². The third-order valence-corrected chi connectivity index (χ3v) is 8.94. The van der Waals surface area contributed by atoms with E-state index in [-0.39, 0.29) is 23.7 Å². The molecule has 3 heterocycles. The van der Waals surface area contributed by atoms with E-state index >= 15 is 4.79 Å². The first-order valence-corrected chi connectivity index (χ1v) is 13.8. The van der Waals surface area contributed by atoms with Crippen molar-refractivity contribution in [2.75, 3.05) is 25.5 Å². The number of amides is 1. The number of anilines is 1. The summed E-state index contributed by atoms with van der Waals surface area (Å²) >= 11 is 0. The average Bonchev–Trinajstić information content (AvgIpc) is 3.45. The second-order valence-corrected chi connectivity index (χ2v) is 11.2. The smallest absolute Gasteiger partial charge is 0.250 e. The number of carbonyl (C=O) groups is 2. The van der Waals surface area contributed by atoms with E-state index in [2.05, 4.69) is 46.8 Å². The van der Waals surface area contributed by atoms with E-state index in [0.29, 0.717) is 18.7 Å². The number of carbonyl (C=O) groups excluding carboxylic acids is 2. The second-order valence-electron chi connectivity index (χ2n) is 11.2. The van der Waals surface area contributed by atoms with Crippen LogP contribution in [0.2, 0.25) is 0 Å². The van der Waals surface area contributed by atoms with Gasteiger partial charge in [-0.05, 0) is 35.9 Å². The molecule has 0 radical (unpaired) electrons. The molecule has 0 aromatic heterocycles. The Kier molecular flexibility index (Phi) is 5.81. The number of benzene rings is 4. The lowest BCUT2D eigenvalue weighted by Gasteiger charge is -2.49. The van der Waals surface area contributed by atoms with Crippen LogP contribution < -0.4 is 10.6 Å². The zero-order valence-electron chi connectivity index (χ0n) is 22.4. The van der Waals surface area contributed by atoms with Crippen LogP contribution in [0.1, 0.15) is 34.2 Å². The molecule has 2 spiro atoms. The van der Waals surface area contributed by atoms with Crippen LogP contribution in [-0.4, -0.2) is 36.7 Å². The lowest BCUT2D eigenvalue weighted by Crippen LogP contribution is -2.65. The van der Waals surface area contributed by atoms with Gasteiger partial charge in [-0.1, -0.05) is 109 Å². The second kappa shape index (κ2) is 9.40. The Morgan fingerprint density at radius 1 is 0.775 bits per heavy atom. The van der Waals surface area contributed by atoms with Crippen LogP contribution in [-0.2, 0) is 15.1 Å². The van der Waals surface area contributed by atoms with E-state index in [1.54, 1.807) is 0 Å². The van der Waals surface area contributed by atoms with Gasteiger partial charge in [-0.25, -0.2) is 0 Å². The van der Waals surface area contributed by atoms with Crippen LogP contribution in [0.25, 0.3) is 6.08 Å². The van der Waals surface area contributed by atoms with Gasteiger partial charge in [-0.2, -0.15) is 0 Å². The summed E-state index contributed by atoms with van der Waals surface area (Å²) in [5.74, 6) is -0.445. The minimum Gasteiger partial charge on any atom is -0.324 e. The van der Waals surface area contributed by atoms with E-state index in [1.807, 2.05) is 97.1 Å². The Morgan fingerprint density at radius 3 is 2.08 bits per heavy atom. The molecule has 198 valence electrons. The van der Waals surface area contributed by atoms with Gasteiger partial charge in [0.05, 0.1) is 5.41 Å². The molecule has 0 aliphatic carbocycles. The SMILES string of the molecule is CN1C/C(=C\c2ccccc2)C(=O)[C@]2(C1)[C@@H](c1ccccc1)[C@H](c1ccccc1)N[C@@]21C(=O)Nc2ccccc21. The highest BCUT2D eigenvalue weighted by Crippen LogP contribution is 2.65. The number of nitrogens with one attached hydrogen (secondary N) is 2. The van der Waals surface area contributed by atoms with E-state index in [1.165, 1.54) is 0 Å². The molecule has 7 rings (SSSR count). The highest BCUT2D eigenvalue weighted by atomic mass is 16.2. The summed E-state index contributed by atoms with van der Waals surface area (Å²) in [6, 6.07) is 38.0. The van der Waals surface area contributed by atoms with Crippen LogP contribution in [0.5, 0.6) is 0 Å². The van der Waals surface area contributed by atoms with Gasteiger partial charge < -0.3 is 10.2 Å². The van der Waals surface area contributed by atoms with E-state index in [0.717, 1.165) is 27.9 Å². The molecule has 0 unspecified atom stereocenters. The molecule has 4 aromatic rings. The fraction of sp³-hybridized carbons (Fsp3) is 0.200. The fourth-order valence-corrected chi connectivity index (χ4v) is 7.47. The van der Waals surface area contributed by atoms with Crippen molar-refractivity contribution in [2.45, 2.75) is 17.5 Å². The first-order valence-electron chi connectivity index (χ1n) is 13.8. The fourth-order valence-electron chi connectivity index (χ4n) is 7.47. The van der Waals surface area contributed by atoms with Crippen molar-refractivity contribution < 1.29 is 9.59 Å². The molecule has 3 aliphatic heterocycles. The van der Waals surface area contributed by atoms with E-state index in [9.17, 15) is 4.79 Å². The van der Waals surface area contributed by atoms with E-state index < -0.39 is 11.0 Å². The van der Waals surface area contributed by atoms with Crippen molar-refractivity contribution in [3.8, 4) is 0 Å². The summed E-state index contributed by atoms with van der Waals surface area (Å²) in [4.78, 5) is 31.9. The predicted octanol–water partition coefficient (Wildman–Crippen LogP) is 5.55. The third kappa shape index (κ3) is 3.48. The van der Waals surface area contributed by atoms with Gasteiger partial charge in [0.2, 0.25) is 0 Å². The molecule has 4 atom stereocenters. The van der Waals surface area contributed by atoms with Gasteiger partial charge in [0.1, 0.15) is 5.54 Å². The predicted molar refractivity (Wildman–Crippen MR) is 158 cm³/mol. The zero-order valence-corrected chi connectivity index (χ0v) is 22.4. The number of para-hydroxylation sites is 1. The van der Waals surface area contributed by atoms with Crippen LogP contribution >= 0.6 is 0 Å². The lowest BCUT2D eigenvalue weighted by molar-refractivity contribution is -0.141. The number of likely N-dealkylation sites (N-methyl/N-ethyl adjacent to an activating group) is 1. The van der Waals surface area contributed by atoms with Crippen LogP contribution in [0.3, 0.4) is 0 Å². The number of likely N-dealkylation sites (tertiary alicyclic amines) is 1. The Balaban J connectivity index is 1.55. The molecule has 2 N–H and O–H groups in total. The Hall–Kier alpha value is -4.32. The highest BCUT2D eigenvalue weighted by Gasteiger charge is 2.74. The molecule has 40 heavy (non-hydrogen) atoms. The number of hydrogen-bond acceptors (Lipinski definition) is 4. The topological polar surface area (TPSA) is 61.4 Å². The molecule has 2 saturated heterocycles. The number of ketones is 1. The van der Waals surface area contributed by atoms with Gasteiger partial charge >= 0.3 is 0 Å². The standard InChI is InChI=1S/C35H31N3O2/c1-38-22-27(21-24-13-5-2-6-14-24)32(39)34(23-38)30(25-15-7-3-8-16-25)31(26-17-9-4-10-18-26)37-35(34)28-19-11-12-20-29(28)36-33(35)40/h2-21,30-31,37H,22-23H2,1H3,(H,36,40)/b27-21+/t30-,31-,34-,35-/m0/s1. The Bertz CT molecular complexity index is 1620. The maximum Gasteiger partial charge on any atom is 0.250 e. The lowest BCUT2D eigenvalue weighted by atomic mass is 9.55. The van der Waals surface area contributed by atoms with Crippen LogP contribution in [0.4, 0.5) is 5.69 Å². The molecule has 0 bridgehead atoms. The Morgan fingerprint density at radius 2 is 1.38 bits per heavy atom. The van der Waals surface area contributed by atoms with Crippen molar-refractivity contribution in [2.24, 2.45) is 5.41 Å². The molecule has 5 heteroatoms. The molecular weight excluding hydrogens is 494 g/mol. The van der Waals surface area contributed by atoms with Gasteiger partial charge in [0, 0.05) is 41.9 Å². The summed E-state index contributed by atoms with van der Waals surface area (Å²) in [6.07, 6.45) is 2.00. The van der Waals surface area contributed by atoms with Gasteiger partial charge in [0.25, 0.3) is 5.91 Å².